The van der Waals surface area contributed by atoms with E-state index in [1.807, 2.05) is 26.0 Å². The van der Waals surface area contributed by atoms with Gasteiger partial charge >= 0.3 is 0 Å². The fraction of sp³-hybridized carbons (Fsp3) is 0.500. The highest BCUT2D eigenvalue weighted by Crippen LogP contribution is 2.19. The molecule has 0 saturated carbocycles. The molecule has 3 heteroatoms. The molecule has 3 nitrogen and oxygen atoms in total. The van der Waals surface area contributed by atoms with Crippen LogP contribution >= 0.6 is 0 Å². The third-order valence-electron chi connectivity index (χ3n) is 2.68. The number of ether oxygens (including phenoxy) is 1. The van der Waals surface area contributed by atoms with Crippen molar-refractivity contribution in [2.24, 2.45) is 0 Å². The number of nitrogens with two attached hydrogens (primary N) is 1. The summed E-state index contributed by atoms with van der Waals surface area (Å²) in [5, 5.41) is 10.0. The molecule has 0 bridgehead atoms. The summed E-state index contributed by atoms with van der Waals surface area (Å²) in [6.45, 7) is 4.21. The van der Waals surface area contributed by atoms with Crippen molar-refractivity contribution in [3.8, 4) is 5.75 Å². The van der Waals surface area contributed by atoms with Gasteiger partial charge in [0, 0.05) is 11.8 Å². The van der Waals surface area contributed by atoms with E-state index >= 15 is 0 Å². The molecule has 0 aliphatic heterocycles. The van der Waals surface area contributed by atoms with Gasteiger partial charge in [0.1, 0.15) is 12.4 Å². The summed E-state index contributed by atoms with van der Waals surface area (Å²) in [7, 11) is 0. The van der Waals surface area contributed by atoms with Gasteiger partial charge in [0.2, 0.25) is 0 Å². The van der Waals surface area contributed by atoms with Crippen LogP contribution in [-0.2, 0) is 0 Å². The molecule has 0 aliphatic carbocycles. The topological polar surface area (TPSA) is 55.5 Å². The standard InChI is InChI=1S/C12H19NO2/c1-3-12(14,4-2)9-15-11-7-5-6-10(13)8-11/h5-8,14H,3-4,9,13H2,1-2H3. The first-order valence-electron chi connectivity index (χ1n) is 5.30. The maximum atomic E-state index is 10.0. The lowest BCUT2D eigenvalue weighted by Gasteiger charge is -2.25. The highest BCUT2D eigenvalue weighted by atomic mass is 16.5. The van der Waals surface area contributed by atoms with Crippen LogP contribution in [0.25, 0.3) is 0 Å². The minimum Gasteiger partial charge on any atom is -0.491 e. The van der Waals surface area contributed by atoms with Crippen molar-refractivity contribution in [2.75, 3.05) is 12.3 Å². The van der Waals surface area contributed by atoms with E-state index in [1.165, 1.54) is 0 Å². The minimum absolute atomic E-state index is 0.309. The van der Waals surface area contributed by atoms with Crippen molar-refractivity contribution in [3.63, 3.8) is 0 Å². The Balaban J connectivity index is 2.56. The maximum Gasteiger partial charge on any atom is 0.121 e. The summed E-state index contributed by atoms with van der Waals surface area (Å²) in [5.74, 6) is 0.704. The number of hydrogen-bond donors (Lipinski definition) is 2. The van der Waals surface area contributed by atoms with Crippen LogP contribution in [0, 0.1) is 0 Å². The molecule has 0 aliphatic rings. The van der Waals surface area contributed by atoms with Gasteiger partial charge in [-0.2, -0.15) is 0 Å². The van der Waals surface area contributed by atoms with E-state index in [-0.39, 0.29) is 0 Å². The summed E-state index contributed by atoms with van der Waals surface area (Å²) in [6.07, 6.45) is 1.37. The van der Waals surface area contributed by atoms with Crippen LogP contribution in [0.5, 0.6) is 5.75 Å². The van der Waals surface area contributed by atoms with E-state index in [0.717, 1.165) is 0 Å². The van der Waals surface area contributed by atoms with Crippen LogP contribution in [0.4, 0.5) is 5.69 Å². The average Bonchev–Trinajstić information content (AvgIpc) is 2.26. The second-order valence-electron chi connectivity index (χ2n) is 3.79. The molecule has 0 atom stereocenters. The number of hydrogen-bond acceptors (Lipinski definition) is 3. The molecule has 0 unspecified atom stereocenters. The van der Waals surface area contributed by atoms with E-state index in [0.29, 0.717) is 30.9 Å². The smallest absolute Gasteiger partial charge is 0.121 e. The van der Waals surface area contributed by atoms with Crippen LogP contribution < -0.4 is 10.5 Å². The molecule has 1 rings (SSSR count). The maximum absolute atomic E-state index is 10.0. The summed E-state index contributed by atoms with van der Waals surface area (Å²) in [5.41, 5.74) is 5.56. The van der Waals surface area contributed by atoms with Gasteiger partial charge in [0.05, 0.1) is 5.60 Å². The van der Waals surface area contributed by atoms with Crippen LogP contribution in [-0.4, -0.2) is 17.3 Å². The number of benzene rings is 1. The Hall–Kier alpha value is -1.22. The van der Waals surface area contributed by atoms with E-state index in [2.05, 4.69) is 0 Å². The second kappa shape index (κ2) is 5.03. The molecule has 84 valence electrons. The minimum atomic E-state index is -0.732. The van der Waals surface area contributed by atoms with Gasteiger partial charge in [-0.05, 0) is 25.0 Å². The molecule has 0 saturated heterocycles. The number of nitrogen functional groups attached to an aromatic ring is 1. The molecule has 0 aromatic heterocycles. The number of anilines is 1. The Bertz CT molecular complexity index is 308. The molecule has 1 aromatic carbocycles. The summed E-state index contributed by atoms with van der Waals surface area (Å²) >= 11 is 0. The fourth-order valence-electron chi connectivity index (χ4n) is 1.28. The van der Waals surface area contributed by atoms with Crippen LogP contribution in [0.15, 0.2) is 24.3 Å². The zero-order valence-corrected chi connectivity index (χ0v) is 9.36. The average molecular weight is 209 g/mol. The third kappa shape index (κ3) is 3.44. The molecule has 15 heavy (non-hydrogen) atoms. The highest BCUT2D eigenvalue weighted by Gasteiger charge is 2.22. The largest absolute Gasteiger partial charge is 0.491 e. The van der Waals surface area contributed by atoms with Crippen LogP contribution in [0.1, 0.15) is 26.7 Å². The van der Waals surface area contributed by atoms with Gasteiger partial charge in [0.15, 0.2) is 0 Å². The van der Waals surface area contributed by atoms with Gasteiger partial charge in [-0.3, -0.25) is 0 Å². The molecule has 3 N–H and O–H groups in total. The second-order valence-corrected chi connectivity index (χ2v) is 3.79. The highest BCUT2D eigenvalue weighted by molar-refractivity contribution is 5.43. The Morgan fingerprint density at radius 1 is 1.33 bits per heavy atom. The first kappa shape index (κ1) is 11.9. The van der Waals surface area contributed by atoms with Gasteiger partial charge in [-0.1, -0.05) is 19.9 Å². The zero-order valence-electron chi connectivity index (χ0n) is 9.36. The zero-order chi connectivity index (χ0) is 11.3. The fourth-order valence-corrected chi connectivity index (χ4v) is 1.28. The van der Waals surface area contributed by atoms with Crippen LogP contribution in [0.3, 0.4) is 0 Å². The lowest BCUT2D eigenvalue weighted by atomic mass is 9.99. The summed E-state index contributed by atoms with van der Waals surface area (Å²) in [4.78, 5) is 0. The molecule has 0 radical (unpaired) electrons. The lowest BCUT2D eigenvalue weighted by molar-refractivity contribution is -0.0113. The van der Waals surface area contributed by atoms with Gasteiger partial charge < -0.3 is 15.6 Å². The molecule has 1 aromatic rings. The quantitative estimate of drug-likeness (QED) is 0.731. The third-order valence-corrected chi connectivity index (χ3v) is 2.68. The monoisotopic (exact) mass is 209 g/mol. The van der Waals surface area contributed by atoms with E-state index < -0.39 is 5.60 Å². The van der Waals surface area contributed by atoms with Crippen molar-refractivity contribution in [1.82, 2.24) is 0 Å². The molecule has 0 heterocycles. The molecule has 0 fully saturated rings. The summed E-state index contributed by atoms with van der Waals surface area (Å²) < 4.78 is 5.50. The Morgan fingerprint density at radius 3 is 2.53 bits per heavy atom. The SMILES string of the molecule is CCC(O)(CC)COc1cccc(N)c1. The van der Waals surface area contributed by atoms with E-state index in [4.69, 9.17) is 10.5 Å². The Kier molecular flexibility index (Phi) is 3.97. The van der Waals surface area contributed by atoms with Crippen molar-refractivity contribution in [2.45, 2.75) is 32.3 Å². The molecular formula is C12H19NO2. The van der Waals surface area contributed by atoms with Gasteiger partial charge in [-0.25, -0.2) is 0 Å². The van der Waals surface area contributed by atoms with Gasteiger partial charge in [-0.15, -0.1) is 0 Å². The van der Waals surface area contributed by atoms with E-state index in [9.17, 15) is 5.11 Å². The normalized spacial score (nSPS) is 11.4. The Labute approximate surface area is 90.9 Å². The van der Waals surface area contributed by atoms with Crippen molar-refractivity contribution in [1.29, 1.82) is 0 Å². The number of rotatable bonds is 5. The lowest BCUT2D eigenvalue weighted by Crippen LogP contribution is -2.34. The molecule has 0 spiro atoms. The number of aliphatic hydroxyl groups is 1. The van der Waals surface area contributed by atoms with Crippen molar-refractivity contribution < 1.29 is 9.84 Å². The van der Waals surface area contributed by atoms with Crippen molar-refractivity contribution in [3.05, 3.63) is 24.3 Å². The Morgan fingerprint density at radius 2 is 2.00 bits per heavy atom. The summed E-state index contributed by atoms with van der Waals surface area (Å²) in [6, 6.07) is 7.23. The first-order chi connectivity index (χ1) is 7.09. The van der Waals surface area contributed by atoms with Gasteiger partial charge in [0.25, 0.3) is 0 Å². The molecule has 0 amide bonds. The predicted molar refractivity (Wildman–Crippen MR) is 61.9 cm³/mol. The predicted octanol–water partition coefficient (Wildman–Crippen LogP) is 2.20. The first-order valence-corrected chi connectivity index (χ1v) is 5.30. The van der Waals surface area contributed by atoms with Crippen molar-refractivity contribution >= 4 is 5.69 Å². The van der Waals surface area contributed by atoms with E-state index in [1.54, 1.807) is 12.1 Å². The van der Waals surface area contributed by atoms with Crippen LogP contribution in [0.2, 0.25) is 0 Å². The molecular weight excluding hydrogens is 190 g/mol.